The van der Waals surface area contributed by atoms with E-state index in [-0.39, 0.29) is 11.7 Å². The van der Waals surface area contributed by atoms with Crippen molar-refractivity contribution < 1.29 is 18.0 Å². The molecule has 0 radical (unpaired) electrons. The number of alkyl halides is 3. The Bertz CT molecular complexity index is 411. The summed E-state index contributed by atoms with van der Waals surface area (Å²) in [5, 5.41) is 0. The summed E-state index contributed by atoms with van der Waals surface area (Å²) in [5.41, 5.74) is -0.110. The third kappa shape index (κ3) is 3.05. The standard InChI is InChI=1S/C12H12F3NO/c13-12(14,15)11-4-2-9(7-16-11)5-8-1-3-10(17)6-8/h2,4,7-8H,1,3,5-6H2. The Hall–Kier alpha value is -1.39. The van der Waals surface area contributed by atoms with Gasteiger partial charge in [0.05, 0.1) is 0 Å². The molecule has 1 fully saturated rings. The zero-order valence-electron chi connectivity index (χ0n) is 9.13. The number of rotatable bonds is 2. The maximum atomic E-state index is 12.3. The predicted molar refractivity (Wildman–Crippen MR) is 55.3 cm³/mol. The molecule has 0 saturated heterocycles. The van der Waals surface area contributed by atoms with Crippen LogP contribution in [-0.2, 0) is 17.4 Å². The van der Waals surface area contributed by atoms with Crippen molar-refractivity contribution in [2.45, 2.75) is 31.9 Å². The topological polar surface area (TPSA) is 30.0 Å². The van der Waals surface area contributed by atoms with Gasteiger partial charge in [-0.1, -0.05) is 6.07 Å². The van der Waals surface area contributed by atoms with Crippen molar-refractivity contribution in [2.24, 2.45) is 5.92 Å². The lowest BCUT2D eigenvalue weighted by Crippen LogP contribution is -2.08. The second-order valence-corrected chi connectivity index (χ2v) is 4.40. The Kier molecular flexibility index (Phi) is 3.17. The van der Waals surface area contributed by atoms with Crippen LogP contribution in [0.5, 0.6) is 0 Å². The number of carbonyl (C=O) groups excluding carboxylic acids is 1. The van der Waals surface area contributed by atoms with Crippen molar-refractivity contribution >= 4 is 5.78 Å². The number of Topliss-reactive ketones (excluding diaryl/α,β-unsaturated/α-hetero) is 1. The largest absolute Gasteiger partial charge is 0.433 e. The quantitative estimate of drug-likeness (QED) is 0.799. The molecule has 1 unspecified atom stereocenters. The van der Waals surface area contributed by atoms with Crippen molar-refractivity contribution in [3.63, 3.8) is 0 Å². The molecule has 1 saturated carbocycles. The lowest BCUT2D eigenvalue weighted by Gasteiger charge is -2.09. The van der Waals surface area contributed by atoms with Crippen LogP contribution in [0.15, 0.2) is 18.3 Å². The van der Waals surface area contributed by atoms with Crippen molar-refractivity contribution in [3.8, 4) is 0 Å². The predicted octanol–water partition coefficient (Wildman–Crippen LogP) is 3.01. The molecular formula is C12H12F3NO. The van der Waals surface area contributed by atoms with E-state index in [9.17, 15) is 18.0 Å². The fourth-order valence-corrected chi connectivity index (χ4v) is 2.11. The molecule has 2 nitrogen and oxygen atoms in total. The Morgan fingerprint density at radius 2 is 2.12 bits per heavy atom. The third-order valence-electron chi connectivity index (χ3n) is 2.99. The Morgan fingerprint density at radius 1 is 1.35 bits per heavy atom. The van der Waals surface area contributed by atoms with Gasteiger partial charge in [0.15, 0.2) is 0 Å². The molecule has 1 heterocycles. The zero-order chi connectivity index (χ0) is 12.5. The highest BCUT2D eigenvalue weighted by molar-refractivity contribution is 5.80. The van der Waals surface area contributed by atoms with E-state index in [0.717, 1.165) is 18.1 Å². The maximum absolute atomic E-state index is 12.3. The summed E-state index contributed by atoms with van der Waals surface area (Å²) in [5.74, 6) is 0.510. The normalized spacial score (nSPS) is 20.9. The average Bonchev–Trinajstić information content (AvgIpc) is 2.63. The van der Waals surface area contributed by atoms with Crippen LogP contribution in [0, 0.1) is 5.92 Å². The molecular weight excluding hydrogens is 231 g/mol. The zero-order valence-corrected chi connectivity index (χ0v) is 9.13. The number of halogens is 3. The van der Waals surface area contributed by atoms with E-state index in [1.54, 1.807) is 0 Å². The summed E-state index contributed by atoms with van der Waals surface area (Å²) >= 11 is 0. The molecule has 2 rings (SSSR count). The number of hydrogen-bond acceptors (Lipinski definition) is 2. The van der Waals surface area contributed by atoms with Gasteiger partial charge in [-0.25, -0.2) is 0 Å². The Labute approximate surface area is 96.9 Å². The number of hydrogen-bond donors (Lipinski definition) is 0. The highest BCUT2D eigenvalue weighted by atomic mass is 19.4. The molecule has 0 aromatic carbocycles. The third-order valence-corrected chi connectivity index (χ3v) is 2.99. The molecule has 0 spiro atoms. The van der Waals surface area contributed by atoms with Gasteiger partial charge in [-0.2, -0.15) is 13.2 Å². The van der Waals surface area contributed by atoms with Gasteiger partial charge in [-0.3, -0.25) is 9.78 Å². The highest BCUT2D eigenvalue weighted by Gasteiger charge is 2.32. The number of aromatic nitrogens is 1. The first-order valence-electron chi connectivity index (χ1n) is 5.49. The van der Waals surface area contributed by atoms with Crippen LogP contribution in [0.4, 0.5) is 13.2 Å². The molecule has 1 aliphatic rings. The average molecular weight is 243 g/mol. The van der Waals surface area contributed by atoms with Crippen LogP contribution in [0.25, 0.3) is 0 Å². The number of carbonyl (C=O) groups is 1. The van der Waals surface area contributed by atoms with E-state index < -0.39 is 11.9 Å². The highest BCUT2D eigenvalue weighted by Crippen LogP contribution is 2.29. The second-order valence-electron chi connectivity index (χ2n) is 4.40. The molecule has 17 heavy (non-hydrogen) atoms. The van der Waals surface area contributed by atoms with E-state index in [2.05, 4.69) is 4.98 Å². The maximum Gasteiger partial charge on any atom is 0.433 e. The van der Waals surface area contributed by atoms with Gasteiger partial charge in [-0.15, -0.1) is 0 Å². The van der Waals surface area contributed by atoms with Crippen LogP contribution in [0.3, 0.4) is 0 Å². The van der Waals surface area contributed by atoms with E-state index in [4.69, 9.17) is 0 Å². The lowest BCUT2D eigenvalue weighted by molar-refractivity contribution is -0.141. The number of ketones is 1. The van der Waals surface area contributed by atoms with E-state index in [1.807, 2.05) is 0 Å². The lowest BCUT2D eigenvalue weighted by atomic mass is 9.99. The van der Waals surface area contributed by atoms with Crippen molar-refractivity contribution in [2.75, 3.05) is 0 Å². The van der Waals surface area contributed by atoms with Crippen LogP contribution >= 0.6 is 0 Å². The number of pyridine rings is 1. The molecule has 1 aliphatic carbocycles. The SMILES string of the molecule is O=C1CCC(Cc2ccc(C(F)(F)F)nc2)C1. The summed E-state index contributed by atoms with van der Waals surface area (Å²) in [6.07, 6.45) is -0.524. The van der Waals surface area contributed by atoms with Crippen LogP contribution < -0.4 is 0 Å². The van der Waals surface area contributed by atoms with Gasteiger partial charge in [0.25, 0.3) is 0 Å². The van der Waals surface area contributed by atoms with Crippen molar-refractivity contribution in [1.82, 2.24) is 4.98 Å². The Balaban J connectivity index is 2.01. The smallest absolute Gasteiger partial charge is 0.300 e. The van der Waals surface area contributed by atoms with Crippen molar-refractivity contribution in [3.05, 3.63) is 29.6 Å². The van der Waals surface area contributed by atoms with Gasteiger partial charge >= 0.3 is 6.18 Å². The Morgan fingerprint density at radius 3 is 2.59 bits per heavy atom. The van der Waals surface area contributed by atoms with Crippen molar-refractivity contribution in [1.29, 1.82) is 0 Å². The molecule has 1 atom stereocenters. The second kappa shape index (κ2) is 4.47. The first-order valence-corrected chi connectivity index (χ1v) is 5.49. The summed E-state index contributed by atoms with van der Waals surface area (Å²) in [7, 11) is 0. The number of nitrogens with zero attached hydrogens (tertiary/aromatic N) is 1. The first-order chi connectivity index (χ1) is 7.95. The van der Waals surface area contributed by atoms with E-state index in [0.29, 0.717) is 19.3 Å². The van der Waals surface area contributed by atoms with Gasteiger partial charge in [0.1, 0.15) is 11.5 Å². The van der Waals surface area contributed by atoms with Crippen LogP contribution in [0.1, 0.15) is 30.5 Å². The van der Waals surface area contributed by atoms with Gasteiger partial charge in [0, 0.05) is 19.0 Å². The monoisotopic (exact) mass is 243 g/mol. The molecule has 0 amide bonds. The minimum absolute atomic E-state index is 0.245. The molecule has 92 valence electrons. The molecule has 5 heteroatoms. The fraction of sp³-hybridized carbons (Fsp3) is 0.500. The molecule has 0 aliphatic heterocycles. The van der Waals surface area contributed by atoms with Gasteiger partial charge < -0.3 is 0 Å². The van der Waals surface area contributed by atoms with Gasteiger partial charge in [-0.05, 0) is 30.4 Å². The molecule has 0 N–H and O–H groups in total. The summed E-state index contributed by atoms with van der Waals surface area (Å²) < 4.78 is 36.8. The summed E-state index contributed by atoms with van der Waals surface area (Å²) in [6, 6.07) is 2.44. The summed E-state index contributed by atoms with van der Waals surface area (Å²) in [6.45, 7) is 0. The van der Waals surface area contributed by atoms with Gasteiger partial charge in [0.2, 0.25) is 0 Å². The molecule has 0 bridgehead atoms. The first kappa shape index (κ1) is 12.1. The fourth-order valence-electron chi connectivity index (χ4n) is 2.11. The molecule has 1 aromatic rings. The van der Waals surface area contributed by atoms with E-state index >= 15 is 0 Å². The minimum atomic E-state index is -4.39. The van der Waals surface area contributed by atoms with E-state index in [1.165, 1.54) is 12.3 Å². The molecule has 1 aromatic heterocycles. The summed E-state index contributed by atoms with van der Waals surface area (Å²) in [4.78, 5) is 14.5. The van der Waals surface area contributed by atoms with Crippen LogP contribution in [-0.4, -0.2) is 10.8 Å². The minimum Gasteiger partial charge on any atom is -0.300 e. The van der Waals surface area contributed by atoms with Crippen LogP contribution in [0.2, 0.25) is 0 Å².